The number of alkyl halides is 2. The van der Waals surface area contributed by atoms with Crippen LogP contribution in [-0.2, 0) is 9.53 Å². The van der Waals surface area contributed by atoms with E-state index in [9.17, 15) is 23.6 Å². The molecule has 1 aromatic rings. The first-order chi connectivity index (χ1) is 12.4. The van der Waals surface area contributed by atoms with E-state index >= 15 is 0 Å². The molecule has 140 valence electrons. The Hall–Kier alpha value is -2.14. The fourth-order valence-corrected chi connectivity index (χ4v) is 3.50. The lowest BCUT2D eigenvalue weighted by atomic mass is 9.83. The van der Waals surface area contributed by atoms with Crippen LogP contribution in [-0.4, -0.2) is 29.3 Å². The number of ether oxygens (including phenoxy) is 1. The van der Waals surface area contributed by atoms with E-state index in [4.69, 9.17) is 4.74 Å². The zero-order valence-electron chi connectivity index (χ0n) is 14.3. The molecule has 0 radical (unpaired) electrons. The normalized spacial score (nSPS) is 17.2. The van der Waals surface area contributed by atoms with Crippen molar-refractivity contribution in [2.75, 3.05) is 0 Å². The van der Waals surface area contributed by atoms with Gasteiger partial charge in [0.25, 0.3) is 11.7 Å². The lowest BCUT2D eigenvalue weighted by Crippen LogP contribution is -2.52. The highest BCUT2D eigenvalue weighted by molar-refractivity contribution is 7.99. The second-order valence-corrected chi connectivity index (χ2v) is 7.20. The Morgan fingerprint density at radius 1 is 1.27 bits per heavy atom. The maximum absolute atomic E-state index is 12.6. The lowest BCUT2D eigenvalue weighted by molar-refractivity contribution is -0.130. The molecule has 0 aliphatic heterocycles. The van der Waals surface area contributed by atoms with Gasteiger partial charge in [-0.05, 0) is 31.9 Å². The fourth-order valence-electron chi connectivity index (χ4n) is 2.87. The van der Waals surface area contributed by atoms with E-state index in [1.807, 2.05) is 0 Å². The predicted octanol–water partition coefficient (Wildman–Crippen LogP) is 3.89. The summed E-state index contributed by atoms with van der Waals surface area (Å²) in [5, 5.41) is 12.1. The average molecular weight is 382 g/mol. The second kappa shape index (κ2) is 8.99. The third kappa shape index (κ3) is 5.18. The van der Waals surface area contributed by atoms with Crippen molar-refractivity contribution < 1.29 is 23.1 Å². The Bertz CT molecular complexity index is 700. The van der Waals surface area contributed by atoms with Crippen LogP contribution in [0.15, 0.2) is 29.2 Å². The summed E-state index contributed by atoms with van der Waals surface area (Å²) in [7, 11) is 0. The number of amides is 1. The Morgan fingerprint density at radius 2 is 1.92 bits per heavy atom. The van der Waals surface area contributed by atoms with Gasteiger partial charge in [0, 0.05) is 4.90 Å². The molecule has 0 saturated heterocycles. The van der Waals surface area contributed by atoms with Crippen molar-refractivity contribution in [1.82, 2.24) is 5.32 Å². The van der Waals surface area contributed by atoms with Gasteiger partial charge in [-0.15, -0.1) is 0 Å². The number of halogens is 2. The van der Waals surface area contributed by atoms with Gasteiger partial charge < -0.3 is 10.1 Å². The van der Waals surface area contributed by atoms with Crippen molar-refractivity contribution in [2.24, 2.45) is 0 Å². The first kappa shape index (κ1) is 20.2. The van der Waals surface area contributed by atoms with Crippen molar-refractivity contribution in [2.45, 2.75) is 61.3 Å². The van der Waals surface area contributed by atoms with Crippen LogP contribution in [0.1, 0.15) is 49.4 Å². The van der Waals surface area contributed by atoms with E-state index in [0.717, 1.165) is 19.3 Å². The van der Waals surface area contributed by atoms with Crippen LogP contribution in [0.25, 0.3) is 0 Å². The smallest absolute Gasteiger partial charge is 0.340 e. The Balaban J connectivity index is 2.03. The first-order valence-electron chi connectivity index (χ1n) is 8.35. The predicted molar refractivity (Wildman–Crippen MR) is 92.8 cm³/mol. The molecule has 0 heterocycles. The van der Waals surface area contributed by atoms with Crippen LogP contribution in [0.2, 0.25) is 0 Å². The molecule has 1 aliphatic carbocycles. The molecule has 5 nitrogen and oxygen atoms in total. The van der Waals surface area contributed by atoms with Crippen molar-refractivity contribution >= 4 is 23.6 Å². The van der Waals surface area contributed by atoms with Crippen molar-refractivity contribution in [3.05, 3.63) is 29.8 Å². The summed E-state index contributed by atoms with van der Waals surface area (Å²) in [5.74, 6) is -4.10. The van der Waals surface area contributed by atoms with Crippen LogP contribution < -0.4 is 5.32 Å². The minimum Gasteiger partial charge on any atom is -0.449 e. The summed E-state index contributed by atoms with van der Waals surface area (Å²) in [4.78, 5) is 24.7. The topological polar surface area (TPSA) is 79.2 Å². The van der Waals surface area contributed by atoms with Crippen molar-refractivity contribution in [3.63, 3.8) is 0 Å². The minimum absolute atomic E-state index is 0.0230. The molecular weight excluding hydrogens is 362 g/mol. The zero-order chi connectivity index (χ0) is 19.2. The molecule has 26 heavy (non-hydrogen) atoms. The van der Waals surface area contributed by atoms with Gasteiger partial charge in [0.1, 0.15) is 5.54 Å². The molecular formula is C18H20F2N2O3S. The van der Waals surface area contributed by atoms with E-state index in [2.05, 4.69) is 11.4 Å². The molecule has 1 fully saturated rings. The largest absolute Gasteiger partial charge is 0.449 e. The summed E-state index contributed by atoms with van der Waals surface area (Å²) in [6, 6.07) is 7.99. The molecule has 1 N–H and O–H groups in total. The van der Waals surface area contributed by atoms with E-state index in [1.54, 1.807) is 0 Å². The number of carbonyl (C=O) groups excluding carboxylic acids is 2. The van der Waals surface area contributed by atoms with Gasteiger partial charge >= 0.3 is 5.97 Å². The Morgan fingerprint density at radius 3 is 2.54 bits per heavy atom. The SMILES string of the molecule is CC(OC(=O)c1ccccc1SC(F)F)C(=O)NC1(C#N)CCCCC1. The maximum atomic E-state index is 12.6. The molecule has 1 unspecified atom stereocenters. The molecule has 1 saturated carbocycles. The molecule has 1 aliphatic rings. The number of carbonyl (C=O) groups is 2. The monoisotopic (exact) mass is 382 g/mol. The highest BCUT2D eigenvalue weighted by atomic mass is 32.2. The summed E-state index contributed by atoms with van der Waals surface area (Å²) in [5.41, 5.74) is -0.954. The van der Waals surface area contributed by atoms with Gasteiger partial charge in [0.15, 0.2) is 6.10 Å². The summed E-state index contributed by atoms with van der Waals surface area (Å²) in [6.07, 6.45) is 2.69. The molecule has 0 bridgehead atoms. The highest BCUT2D eigenvalue weighted by Crippen LogP contribution is 2.29. The molecule has 0 aromatic heterocycles. The Labute approximate surface area is 155 Å². The quantitative estimate of drug-likeness (QED) is 0.596. The molecule has 0 spiro atoms. The number of benzene rings is 1. The van der Waals surface area contributed by atoms with Gasteiger partial charge in [-0.3, -0.25) is 4.79 Å². The van der Waals surface area contributed by atoms with Crippen LogP contribution in [0.3, 0.4) is 0 Å². The number of nitrogens with zero attached hydrogens (tertiary/aromatic N) is 1. The van der Waals surface area contributed by atoms with Gasteiger partial charge in [-0.2, -0.15) is 14.0 Å². The standard InChI is InChI=1S/C18H20F2N2O3S/c1-12(15(23)22-18(11-21)9-5-2-6-10-18)25-16(24)13-7-3-4-8-14(13)26-17(19)20/h3-4,7-8,12,17H,2,5-6,9-10H2,1H3,(H,22,23). The Kier molecular flexibility index (Phi) is 6.98. The van der Waals surface area contributed by atoms with E-state index in [1.165, 1.54) is 31.2 Å². The summed E-state index contributed by atoms with van der Waals surface area (Å²) >= 11 is 0.243. The molecule has 8 heteroatoms. The van der Waals surface area contributed by atoms with Crippen molar-refractivity contribution in [1.29, 1.82) is 5.26 Å². The van der Waals surface area contributed by atoms with Crippen molar-refractivity contribution in [3.8, 4) is 6.07 Å². The second-order valence-electron chi connectivity index (χ2n) is 6.17. The van der Waals surface area contributed by atoms with Crippen LogP contribution >= 0.6 is 11.8 Å². The molecule has 1 amide bonds. The number of hydrogen-bond donors (Lipinski definition) is 1. The van der Waals surface area contributed by atoms with Crippen LogP contribution in [0.4, 0.5) is 8.78 Å². The first-order valence-corrected chi connectivity index (χ1v) is 9.23. The van der Waals surface area contributed by atoms with E-state index in [-0.39, 0.29) is 22.2 Å². The number of nitrogens with one attached hydrogen (secondary N) is 1. The van der Waals surface area contributed by atoms with Gasteiger partial charge in [-0.25, -0.2) is 4.79 Å². The van der Waals surface area contributed by atoms with E-state index < -0.39 is 29.3 Å². The van der Waals surface area contributed by atoms with Crippen LogP contribution in [0, 0.1) is 11.3 Å². The maximum Gasteiger partial charge on any atom is 0.340 e. The third-order valence-electron chi connectivity index (χ3n) is 4.26. The lowest BCUT2D eigenvalue weighted by Gasteiger charge is -2.32. The number of nitriles is 1. The number of esters is 1. The third-order valence-corrected chi connectivity index (χ3v) is 5.05. The molecule has 2 rings (SSSR count). The molecule has 1 atom stereocenters. The number of hydrogen-bond acceptors (Lipinski definition) is 5. The van der Waals surface area contributed by atoms with Gasteiger partial charge in [-0.1, -0.05) is 43.2 Å². The van der Waals surface area contributed by atoms with Gasteiger partial charge in [0.2, 0.25) is 0 Å². The van der Waals surface area contributed by atoms with Crippen LogP contribution in [0.5, 0.6) is 0 Å². The zero-order valence-corrected chi connectivity index (χ0v) is 15.2. The number of thioether (sulfide) groups is 1. The van der Waals surface area contributed by atoms with Gasteiger partial charge in [0.05, 0.1) is 11.6 Å². The highest BCUT2D eigenvalue weighted by Gasteiger charge is 2.35. The molecule has 1 aromatic carbocycles. The minimum atomic E-state index is -2.67. The summed E-state index contributed by atoms with van der Waals surface area (Å²) in [6.45, 7) is 1.39. The van der Waals surface area contributed by atoms with E-state index in [0.29, 0.717) is 12.8 Å². The number of rotatable bonds is 6. The average Bonchev–Trinajstić information content (AvgIpc) is 2.62. The fraction of sp³-hybridized carbons (Fsp3) is 0.500. The summed E-state index contributed by atoms with van der Waals surface area (Å²) < 4.78 is 30.4.